The molecule has 106 valence electrons. The van der Waals surface area contributed by atoms with Crippen LogP contribution in [0.5, 0.6) is 0 Å². The second kappa shape index (κ2) is 6.98. The second-order valence-electron chi connectivity index (χ2n) is 5.35. The number of nitrogens with one attached hydrogen (secondary N) is 1. The fourth-order valence-corrected chi connectivity index (χ4v) is 2.53. The predicted molar refractivity (Wildman–Crippen MR) is 74.8 cm³/mol. The summed E-state index contributed by atoms with van der Waals surface area (Å²) in [6.07, 6.45) is 4.73. The SMILES string of the molecule is CNCc1ccc(COC2CC(C)OC(C)C2)nc1. The number of rotatable bonds is 5. The molecule has 2 heterocycles. The first kappa shape index (κ1) is 14.4. The zero-order valence-electron chi connectivity index (χ0n) is 12.1. The third kappa shape index (κ3) is 4.56. The lowest BCUT2D eigenvalue weighted by molar-refractivity contribution is -0.106. The van der Waals surface area contributed by atoms with E-state index in [0.29, 0.717) is 18.8 Å². The molecule has 0 bridgehead atoms. The first-order chi connectivity index (χ1) is 9.17. The van der Waals surface area contributed by atoms with Crippen molar-refractivity contribution in [3.05, 3.63) is 29.6 Å². The average molecular weight is 264 g/mol. The van der Waals surface area contributed by atoms with Crippen LogP contribution in [0.25, 0.3) is 0 Å². The Labute approximate surface area is 115 Å². The molecule has 2 unspecified atom stereocenters. The van der Waals surface area contributed by atoms with Gasteiger partial charge in [-0.25, -0.2) is 0 Å². The van der Waals surface area contributed by atoms with Crippen molar-refractivity contribution < 1.29 is 9.47 Å². The van der Waals surface area contributed by atoms with Gasteiger partial charge in [-0.3, -0.25) is 4.98 Å². The molecule has 19 heavy (non-hydrogen) atoms. The highest BCUT2D eigenvalue weighted by Crippen LogP contribution is 2.22. The Balaban J connectivity index is 1.81. The van der Waals surface area contributed by atoms with Crippen molar-refractivity contribution in [1.82, 2.24) is 10.3 Å². The van der Waals surface area contributed by atoms with Crippen molar-refractivity contribution >= 4 is 0 Å². The topological polar surface area (TPSA) is 43.4 Å². The molecule has 0 amide bonds. The molecule has 4 nitrogen and oxygen atoms in total. The van der Waals surface area contributed by atoms with E-state index in [9.17, 15) is 0 Å². The minimum Gasteiger partial charge on any atom is -0.375 e. The van der Waals surface area contributed by atoms with Crippen LogP contribution in [0.15, 0.2) is 18.3 Å². The Morgan fingerprint density at radius 1 is 1.32 bits per heavy atom. The number of nitrogens with zero attached hydrogens (tertiary/aromatic N) is 1. The number of hydrogen-bond donors (Lipinski definition) is 1. The van der Waals surface area contributed by atoms with Gasteiger partial charge < -0.3 is 14.8 Å². The Morgan fingerprint density at radius 3 is 2.63 bits per heavy atom. The number of aromatic nitrogens is 1. The van der Waals surface area contributed by atoms with Crippen LogP contribution >= 0.6 is 0 Å². The van der Waals surface area contributed by atoms with Crippen molar-refractivity contribution in [2.45, 2.75) is 58.2 Å². The van der Waals surface area contributed by atoms with Crippen molar-refractivity contribution in [2.24, 2.45) is 0 Å². The summed E-state index contributed by atoms with van der Waals surface area (Å²) >= 11 is 0. The van der Waals surface area contributed by atoms with Crippen LogP contribution in [-0.2, 0) is 22.6 Å². The van der Waals surface area contributed by atoms with Crippen molar-refractivity contribution in [2.75, 3.05) is 7.05 Å². The van der Waals surface area contributed by atoms with E-state index in [1.165, 1.54) is 5.56 Å². The van der Waals surface area contributed by atoms with E-state index < -0.39 is 0 Å². The van der Waals surface area contributed by atoms with Gasteiger partial charge in [-0.2, -0.15) is 0 Å². The molecule has 2 atom stereocenters. The van der Waals surface area contributed by atoms with Crippen LogP contribution in [0.3, 0.4) is 0 Å². The Bertz CT molecular complexity index is 370. The average Bonchev–Trinajstić information content (AvgIpc) is 2.37. The van der Waals surface area contributed by atoms with Crippen LogP contribution in [0, 0.1) is 0 Å². The molecule has 0 aromatic carbocycles. The zero-order valence-corrected chi connectivity index (χ0v) is 12.1. The van der Waals surface area contributed by atoms with E-state index in [1.54, 1.807) is 0 Å². The molecular weight excluding hydrogens is 240 g/mol. The normalized spacial score (nSPS) is 27.4. The van der Waals surface area contributed by atoms with Gasteiger partial charge in [0, 0.05) is 12.7 Å². The molecular formula is C15H24N2O2. The van der Waals surface area contributed by atoms with Gasteiger partial charge in [0.05, 0.1) is 30.6 Å². The first-order valence-electron chi connectivity index (χ1n) is 7.03. The Hall–Kier alpha value is -0.970. The minimum atomic E-state index is 0.289. The van der Waals surface area contributed by atoms with Crippen molar-refractivity contribution in [3.8, 4) is 0 Å². The molecule has 1 aromatic rings. The highest BCUT2D eigenvalue weighted by atomic mass is 16.5. The van der Waals surface area contributed by atoms with E-state index in [-0.39, 0.29) is 6.10 Å². The molecule has 1 saturated heterocycles. The lowest BCUT2D eigenvalue weighted by atomic mass is 10.0. The fourth-order valence-electron chi connectivity index (χ4n) is 2.53. The summed E-state index contributed by atoms with van der Waals surface area (Å²) in [5, 5.41) is 3.11. The largest absolute Gasteiger partial charge is 0.375 e. The Kier molecular flexibility index (Phi) is 5.31. The third-order valence-electron chi connectivity index (χ3n) is 3.39. The second-order valence-corrected chi connectivity index (χ2v) is 5.35. The Morgan fingerprint density at radius 2 is 2.05 bits per heavy atom. The lowest BCUT2D eigenvalue weighted by Crippen LogP contribution is -2.34. The number of pyridine rings is 1. The summed E-state index contributed by atoms with van der Waals surface area (Å²) in [6, 6.07) is 4.14. The lowest BCUT2D eigenvalue weighted by Gasteiger charge is -2.31. The van der Waals surface area contributed by atoms with E-state index in [2.05, 4.69) is 30.2 Å². The van der Waals surface area contributed by atoms with Gasteiger partial charge in [-0.15, -0.1) is 0 Å². The van der Waals surface area contributed by atoms with Crippen molar-refractivity contribution in [1.29, 1.82) is 0 Å². The fraction of sp³-hybridized carbons (Fsp3) is 0.667. The van der Waals surface area contributed by atoms with Crippen LogP contribution in [0.1, 0.15) is 37.9 Å². The maximum absolute atomic E-state index is 5.95. The molecule has 0 radical (unpaired) electrons. The van der Waals surface area contributed by atoms with Gasteiger partial charge in [-0.05, 0) is 45.4 Å². The minimum absolute atomic E-state index is 0.289. The summed E-state index contributed by atoms with van der Waals surface area (Å²) < 4.78 is 11.7. The number of ether oxygens (including phenoxy) is 2. The monoisotopic (exact) mass is 264 g/mol. The summed E-state index contributed by atoms with van der Waals surface area (Å²) in [4.78, 5) is 4.42. The van der Waals surface area contributed by atoms with Gasteiger partial charge in [-0.1, -0.05) is 6.07 Å². The molecule has 2 rings (SSSR count). The highest BCUT2D eigenvalue weighted by molar-refractivity contribution is 5.13. The van der Waals surface area contributed by atoms with Gasteiger partial charge in [0.25, 0.3) is 0 Å². The molecule has 1 fully saturated rings. The van der Waals surface area contributed by atoms with E-state index in [0.717, 1.165) is 25.1 Å². The summed E-state index contributed by atoms with van der Waals surface area (Å²) in [5.74, 6) is 0. The smallest absolute Gasteiger partial charge is 0.0891 e. The van der Waals surface area contributed by atoms with Gasteiger partial charge >= 0.3 is 0 Å². The van der Waals surface area contributed by atoms with E-state index >= 15 is 0 Å². The zero-order chi connectivity index (χ0) is 13.7. The van der Waals surface area contributed by atoms with Crippen LogP contribution in [0.2, 0.25) is 0 Å². The molecule has 1 N–H and O–H groups in total. The van der Waals surface area contributed by atoms with E-state index in [4.69, 9.17) is 9.47 Å². The van der Waals surface area contributed by atoms with Crippen LogP contribution < -0.4 is 5.32 Å². The molecule has 0 saturated carbocycles. The van der Waals surface area contributed by atoms with Gasteiger partial charge in [0.1, 0.15) is 0 Å². The maximum Gasteiger partial charge on any atom is 0.0891 e. The molecule has 1 aliphatic rings. The molecule has 1 aromatic heterocycles. The third-order valence-corrected chi connectivity index (χ3v) is 3.39. The van der Waals surface area contributed by atoms with Crippen LogP contribution in [0.4, 0.5) is 0 Å². The van der Waals surface area contributed by atoms with Crippen LogP contribution in [-0.4, -0.2) is 30.3 Å². The molecule has 0 spiro atoms. The quantitative estimate of drug-likeness (QED) is 0.886. The van der Waals surface area contributed by atoms with Gasteiger partial charge in [0.2, 0.25) is 0 Å². The summed E-state index contributed by atoms with van der Waals surface area (Å²) in [7, 11) is 1.94. The first-order valence-corrected chi connectivity index (χ1v) is 7.03. The van der Waals surface area contributed by atoms with Crippen molar-refractivity contribution in [3.63, 3.8) is 0 Å². The highest BCUT2D eigenvalue weighted by Gasteiger charge is 2.24. The molecule has 1 aliphatic heterocycles. The van der Waals surface area contributed by atoms with E-state index in [1.807, 2.05) is 19.3 Å². The predicted octanol–water partition coefficient (Wildman–Crippen LogP) is 2.27. The maximum atomic E-state index is 5.95. The summed E-state index contributed by atoms with van der Waals surface area (Å²) in [6.45, 7) is 5.65. The van der Waals surface area contributed by atoms with Gasteiger partial charge in [0.15, 0.2) is 0 Å². The standard InChI is InChI=1S/C15H24N2O2/c1-11-6-15(7-12(2)19-11)18-10-14-5-4-13(8-16-3)9-17-14/h4-5,9,11-12,15-16H,6-8,10H2,1-3H3. The number of hydrogen-bond acceptors (Lipinski definition) is 4. The molecule has 4 heteroatoms. The summed E-state index contributed by atoms with van der Waals surface area (Å²) in [5.41, 5.74) is 2.19. The molecule has 0 aliphatic carbocycles.